The first-order chi connectivity index (χ1) is 8.65. The number of anilines is 1. The normalized spacial score (nSPS) is 10.9. The Bertz CT molecular complexity index is 788. The summed E-state index contributed by atoms with van der Waals surface area (Å²) in [5.41, 5.74) is 6.68. The van der Waals surface area contributed by atoms with Crippen LogP contribution in [0.15, 0.2) is 41.5 Å². The standard InChI is InChI=1S/C13H11N3OS/c1-16-5-4-8-6-9(2-3-10(8)12(16)17)11-7-15-13(14)18-11/h2-7H,1H3,(H2,14,15). The zero-order chi connectivity index (χ0) is 12.7. The molecular formula is C13H11N3OS. The van der Waals surface area contributed by atoms with Crippen LogP contribution in [-0.2, 0) is 7.05 Å². The number of fused-ring (bicyclic) bond motifs is 1. The molecule has 0 spiro atoms. The summed E-state index contributed by atoms with van der Waals surface area (Å²) in [4.78, 5) is 17.0. The van der Waals surface area contributed by atoms with Gasteiger partial charge in [0.25, 0.3) is 5.56 Å². The average molecular weight is 257 g/mol. The Hall–Kier alpha value is -2.14. The Morgan fingerprint density at radius 3 is 2.89 bits per heavy atom. The number of aryl methyl sites for hydroxylation is 1. The van der Waals surface area contributed by atoms with Crippen molar-refractivity contribution in [1.82, 2.24) is 9.55 Å². The highest BCUT2D eigenvalue weighted by atomic mass is 32.1. The molecule has 0 unspecified atom stereocenters. The average Bonchev–Trinajstić information content (AvgIpc) is 2.80. The molecule has 2 aromatic heterocycles. The van der Waals surface area contributed by atoms with Gasteiger partial charge in [0, 0.05) is 24.8 Å². The van der Waals surface area contributed by atoms with Crippen LogP contribution in [0.4, 0.5) is 5.13 Å². The van der Waals surface area contributed by atoms with E-state index in [1.54, 1.807) is 24.0 Å². The summed E-state index contributed by atoms with van der Waals surface area (Å²) in [7, 11) is 1.75. The third kappa shape index (κ3) is 1.69. The van der Waals surface area contributed by atoms with E-state index in [0.717, 1.165) is 21.2 Å². The van der Waals surface area contributed by atoms with E-state index >= 15 is 0 Å². The van der Waals surface area contributed by atoms with E-state index in [0.29, 0.717) is 5.13 Å². The maximum Gasteiger partial charge on any atom is 0.258 e. The number of hydrogen-bond donors (Lipinski definition) is 1. The van der Waals surface area contributed by atoms with Crippen molar-refractivity contribution in [3.63, 3.8) is 0 Å². The number of hydrogen-bond acceptors (Lipinski definition) is 4. The number of benzene rings is 1. The van der Waals surface area contributed by atoms with Crippen LogP contribution in [0, 0.1) is 0 Å². The van der Waals surface area contributed by atoms with Gasteiger partial charge in [0.05, 0.1) is 4.88 Å². The van der Waals surface area contributed by atoms with Gasteiger partial charge >= 0.3 is 0 Å². The predicted molar refractivity (Wildman–Crippen MR) is 74.7 cm³/mol. The van der Waals surface area contributed by atoms with E-state index < -0.39 is 0 Å². The van der Waals surface area contributed by atoms with Crippen LogP contribution in [0.5, 0.6) is 0 Å². The molecule has 3 rings (SSSR count). The quantitative estimate of drug-likeness (QED) is 0.727. The summed E-state index contributed by atoms with van der Waals surface area (Å²) < 4.78 is 1.58. The molecule has 0 aliphatic rings. The molecule has 0 aliphatic heterocycles. The van der Waals surface area contributed by atoms with Gasteiger partial charge in [-0.15, -0.1) is 0 Å². The minimum Gasteiger partial charge on any atom is -0.375 e. The number of nitrogens with two attached hydrogens (primary N) is 1. The molecule has 0 saturated heterocycles. The number of thiazole rings is 1. The largest absolute Gasteiger partial charge is 0.375 e. The summed E-state index contributed by atoms with van der Waals surface area (Å²) in [6, 6.07) is 7.70. The molecule has 0 saturated carbocycles. The van der Waals surface area contributed by atoms with Crippen molar-refractivity contribution in [1.29, 1.82) is 0 Å². The molecule has 90 valence electrons. The minimum atomic E-state index is 0.0165. The van der Waals surface area contributed by atoms with Crippen molar-refractivity contribution in [2.75, 3.05) is 5.73 Å². The van der Waals surface area contributed by atoms with E-state index in [2.05, 4.69) is 4.98 Å². The molecule has 0 radical (unpaired) electrons. The number of pyridine rings is 1. The molecular weight excluding hydrogens is 246 g/mol. The molecule has 1 aromatic carbocycles. The van der Waals surface area contributed by atoms with Crippen LogP contribution >= 0.6 is 11.3 Å². The van der Waals surface area contributed by atoms with Gasteiger partial charge in [0.15, 0.2) is 5.13 Å². The van der Waals surface area contributed by atoms with Gasteiger partial charge in [-0.1, -0.05) is 17.4 Å². The fraction of sp³-hybridized carbons (Fsp3) is 0.0769. The first kappa shape index (κ1) is 11.0. The van der Waals surface area contributed by atoms with E-state index in [4.69, 9.17) is 5.73 Å². The Labute approximate surface area is 107 Å². The molecule has 0 bridgehead atoms. The summed E-state index contributed by atoms with van der Waals surface area (Å²) in [5.74, 6) is 0. The van der Waals surface area contributed by atoms with E-state index in [1.807, 2.05) is 24.3 Å². The summed E-state index contributed by atoms with van der Waals surface area (Å²) >= 11 is 1.44. The van der Waals surface area contributed by atoms with Crippen LogP contribution in [0.25, 0.3) is 21.2 Å². The molecule has 2 heterocycles. The first-order valence-corrected chi connectivity index (χ1v) is 6.28. The molecule has 0 atom stereocenters. The number of aromatic nitrogens is 2. The number of nitrogen functional groups attached to an aromatic ring is 1. The van der Waals surface area contributed by atoms with E-state index in [-0.39, 0.29) is 5.56 Å². The molecule has 5 heteroatoms. The van der Waals surface area contributed by atoms with Crippen LogP contribution in [0.3, 0.4) is 0 Å². The topological polar surface area (TPSA) is 60.9 Å². The van der Waals surface area contributed by atoms with Crippen LogP contribution < -0.4 is 11.3 Å². The fourth-order valence-corrected chi connectivity index (χ4v) is 2.60. The van der Waals surface area contributed by atoms with Gasteiger partial charge in [-0.05, 0) is 29.1 Å². The number of nitrogens with zero attached hydrogens (tertiary/aromatic N) is 2. The SMILES string of the molecule is Cn1ccc2cc(-c3cnc(N)s3)ccc2c1=O. The van der Waals surface area contributed by atoms with Crippen molar-refractivity contribution in [2.24, 2.45) is 7.05 Å². The Kier molecular flexibility index (Phi) is 2.41. The van der Waals surface area contributed by atoms with Gasteiger partial charge in [-0.3, -0.25) is 4.79 Å². The molecule has 2 N–H and O–H groups in total. The van der Waals surface area contributed by atoms with Gasteiger partial charge < -0.3 is 10.3 Å². The highest BCUT2D eigenvalue weighted by Gasteiger charge is 2.05. The summed E-state index contributed by atoms with van der Waals surface area (Å²) in [6.07, 6.45) is 3.53. The highest BCUT2D eigenvalue weighted by Crippen LogP contribution is 2.28. The lowest BCUT2D eigenvalue weighted by atomic mass is 10.1. The van der Waals surface area contributed by atoms with Crippen LogP contribution in [-0.4, -0.2) is 9.55 Å². The predicted octanol–water partition coefficient (Wildman–Crippen LogP) is 2.24. The lowest BCUT2D eigenvalue weighted by Crippen LogP contribution is -2.15. The molecule has 0 fully saturated rings. The zero-order valence-electron chi connectivity index (χ0n) is 9.75. The maximum atomic E-state index is 11.9. The lowest BCUT2D eigenvalue weighted by Gasteiger charge is -2.03. The summed E-state index contributed by atoms with van der Waals surface area (Å²) in [6.45, 7) is 0. The van der Waals surface area contributed by atoms with Gasteiger partial charge in [0.2, 0.25) is 0 Å². The van der Waals surface area contributed by atoms with Crippen molar-refractivity contribution < 1.29 is 0 Å². The summed E-state index contributed by atoms with van der Waals surface area (Å²) in [5, 5.41) is 2.21. The third-order valence-corrected chi connectivity index (χ3v) is 3.76. The molecule has 4 nitrogen and oxygen atoms in total. The second-order valence-electron chi connectivity index (χ2n) is 4.10. The van der Waals surface area contributed by atoms with Crippen molar-refractivity contribution in [3.8, 4) is 10.4 Å². The lowest BCUT2D eigenvalue weighted by molar-refractivity contribution is 0.873. The smallest absolute Gasteiger partial charge is 0.258 e. The fourth-order valence-electron chi connectivity index (χ4n) is 1.92. The van der Waals surface area contributed by atoms with Gasteiger partial charge in [0.1, 0.15) is 0 Å². The third-order valence-electron chi connectivity index (χ3n) is 2.89. The Morgan fingerprint density at radius 1 is 1.33 bits per heavy atom. The second kappa shape index (κ2) is 3.96. The monoisotopic (exact) mass is 257 g/mol. The zero-order valence-corrected chi connectivity index (χ0v) is 10.6. The van der Waals surface area contributed by atoms with E-state index in [1.165, 1.54) is 11.3 Å². The number of rotatable bonds is 1. The van der Waals surface area contributed by atoms with Crippen molar-refractivity contribution in [2.45, 2.75) is 0 Å². The highest BCUT2D eigenvalue weighted by molar-refractivity contribution is 7.18. The molecule has 18 heavy (non-hydrogen) atoms. The second-order valence-corrected chi connectivity index (χ2v) is 5.16. The van der Waals surface area contributed by atoms with Crippen LogP contribution in [0.1, 0.15) is 0 Å². The Balaban J connectivity index is 2.24. The van der Waals surface area contributed by atoms with Crippen molar-refractivity contribution >= 4 is 27.2 Å². The Morgan fingerprint density at radius 2 is 2.17 bits per heavy atom. The molecule has 0 amide bonds. The van der Waals surface area contributed by atoms with Crippen molar-refractivity contribution in [3.05, 3.63) is 47.0 Å². The first-order valence-electron chi connectivity index (χ1n) is 5.46. The molecule has 0 aliphatic carbocycles. The maximum absolute atomic E-state index is 11.9. The van der Waals surface area contributed by atoms with E-state index in [9.17, 15) is 4.79 Å². The van der Waals surface area contributed by atoms with Gasteiger partial charge in [-0.2, -0.15) is 0 Å². The molecule has 3 aromatic rings. The van der Waals surface area contributed by atoms with Crippen LogP contribution in [0.2, 0.25) is 0 Å². The van der Waals surface area contributed by atoms with Gasteiger partial charge in [-0.25, -0.2) is 4.98 Å². The minimum absolute atomic E-state index is 0.0165.